The van der Waals surface area contributed by atoms with Crippen LogP contribution in [0, 0.1) is 13.8 Å². The molecule has 3 aromatic rings. The van der Waals surface area contributed by atoms with Crippen LogP contribution in [0.15, 0.2) is 30.3 Å². The average Bonchev–Trinajstić information content (AvgIpc) is 2.83. The Morgan fingerprint density at radius 2 is 2.00 bits per heavy atom. The Kier molecular flexibility index (Phi) is 3.29. The average molecular weight is 297 g/mol. The zero-order chi connectivity index (χ0) is 15.9. The van der Waals surface area contributed by atoms with Crippen LogP contribution in [-0.4, -0.2) is 33.0 Å². The lowest BCUT2D eigenvalue weighted by atomic mass is 10.1. The highest BCUT2D eigenvalue weighted by atomic mass is 16.5. The van der Waals surface area contributed by atoms with Crippen molar-refractivity contribution in [1.29, 1.82) is 0 Å². The number of carboxylic acid groups (broad SMARTS) is 1. The summed E-state index contributed by atoms with van der Waals surface area (Å²) >= 11 is 0. The molecule has 0 aliphatic carbocycles. The lowest BCUT2D eigenvalue weighted by molar-refractivity contribution is 0.0698. The molecule has 0 aliphatic heterocycles. The van der Waals surface area contributed by atoms with E-state index in [1.807, 2.05) is 24.3 Å². The van der Waals surface area contributed by atoms with Gasteiger partial charge in [0.2, 0.25) is 0 Å². The number of carbonyl (C=O) groups is 1. The molecule has 0 aliphatic rings. The maximum atomic E-state index is 11.5. The number of aromatic nitrogens is 3. The van der Waals surface area contributed by atoms with Crippen LogP contribution >= 0.6 is 0 Å². The van der Waals surface area contributed by atoms with Crippen molar-refractivity contribution in [3.8, 4) is 11.4 Å². The first-order chi connectivity index (χ1) is 10.5. The number of methoxy groups -OCH3 is 1. The zero-order valence-electron chi connectivity index (χ0n) is 12.5. The van der Waals surface area contributed by atoms with Crippen LogP contribution in [0.25, 0.3) is 16.7 Å². The van der Waals surface area contributed by atoms with Gasteiger partial charge in [-0.15, -0.1) is 0 Å². The van der Waals surface area contributed by atoms with Crippen molar-refractivity contribution in [2.75, 3.05) is 7.11 Å². The molecule has 112 valence electrons. The predicted octanol–water partition coefficient (Wildman–Crippen LogP) is 2.74. The van der Waals surface area contributed by atoms with Crippen molar-refractivity contribution in [3.05, 3.63) is 47.3 Å². The number of aromatic carboxylic acids is 1. The monoisotopic (exact) mass is 297 g/mol. The molecule has 0 atom stereocenters. The highest BCUT2D eigenvalue weighted by molar-refractivity contribution is 6.03. The summed E-state index contributed by atoms with van der Waals surface area (Å²) in [5.41, 5.74) is 2.69. The molecule has 0 amide bonds. The van der Waals surface area contributed by atoms with Crippen molar-refractivity contribution in [2.45, 2.75) is 13.8 Å². The Hall–Kier alpha value is -2.89. The molecule has 0 bridgehead atoms. The number of carboxylic acids is 1. The Morgan fingerprint density at radius 3 is 2.68 bits per heavy atom. The van der Waals surface area contributed by atoms with Gasteiger partial charge in [0.1, 0.15) is 11.4 Å². The molecule has 1 N–H and O–H groups in total. The molecule has 0 saturated carbocycles. The number of para-hydroxylation sites is 2. The van der Waals surface area contributed by atoms with E-state index in [0.717, 1.165) is 5.69 Å². The number of pyridine rings is 1. The lowest BCUT2D eigenvalue weighted by Gasteiger charge is -2.09. The topological polar surface area (TPSA) is 77.2 Å². The minimum Gasteiger partial charge on any atom is -0.494 e. The third-order valence-electron chi connectivity index (χ3n) is 3.48. The third kappa shape index (κ3) is 2.09. The van der Waals surface area contributed by atoms with E-state index in [1.165, 1.54) is 0 Å². The smallest absolute Gasteiger partial charge is 0.336 e. The van der Waals surface area contributed by atoms with Crippen molar-refractivity contribution in [1.82, 2.24) is 14.8 Å². The molecule has 2 aromatic heterocycles. The number of nitrogens with zero attached hydrogens (tertiary/aromatic N) is 3. The summed E-state index contributed by atoms with van der Waals surface area (Å²) < 4.78 is 6.99. The van der Waals surface area contributed by atoms with Gasteiger partial charge in [0.15, 0.2) is 5.65 Å². The number of fused-ring (bicyclic) bond motifs is 1. The van der Waals surface area contributed by atoms with Gasteiger partial charge in [0.25, 0.3) is 0 Å². The summed E-state index contributed by atoms with van der Waals surface area (Å²) in [6.45, 7) is 3.54. The number of aryl methyl sites for hydroxylation is 2. The largest absolute Gasteiger partial charge is 0.494 e. The van der Waals surface area contributed by atoms with E-state index in [0.29, 0.717) is 28.2 Å². The first kappa shape index (κ1) is 14.1. The van der Waals surface area contributed by atoms with Crippen LogP contribution < -0.4 is 4.74 Å². The van der Waals surface area contributed by atoms with Crippen molar-refractivity contribution in [3.63, 3.8) is 0 Å². The van der Waals surface area contributed by atoms with Crippen LogP contribution in [-0.2, 0) is 0 Å². The highest BCUT2D eigenvalue weighted by Gasteiger charge is 2.20. The second kappa shape index (κ2) is 5.14. The normalized spacial score (nSPS) is 10.9. The molecule has 6 heteroatoms. The van der Waals surface area contributed by atoms with E-state index in [1.54, 1.807) is 31.7 Å². The summed E-state index contributed by atoms with van der Waals surface area (Å²) in [6.07, 6.45) is 0. The van der Waals surface area contributed by atoms with Gasteiger partial charge in [-0.3, -0.25) is 0 Å². The molecule has 6 nitrogen and oxygen atoms in total. The fraction of sp³-hybridized carbons (Fsp3) is 0.188. The van der Waals surface area contributed by atoms with E-state index >= 15 is 0 Å². The molecular weight excluding hydrogens is 282 g/mol. The summed E-state index contributed by atoms with van der Waals surface area (Å²) in [4.78, 5) is 16.0. The van der Waals surface area contributed by atoms with Gasteiger partial charge in [-0.25, -0.2) is 14.5 Å². The fourth-order valence-electron chi connectivity index (χ4n) is 2.56. The van der Waals surface area contributed by atoms with E-state index in [4.69, 9.17) is 4.74 Å². The maximum absolute atomic E-state index is 11.5. The fourth-order valence-corrected chi connectivity index (χ4v) is 2.56. The summed E-state index contributed by atoms with van der Waals surface area (Å²) in [5.74, 6) is -0.342. The van der Waals surface area contributed by atoms with Gasteiger partial charge < -0.3 is 9.84 Å². The third-order valence-corrected chi connectivity index (χ3v) is 3.48. The van der Waals surface area contributed by atoms with Crippen LogP contribution in [0.5, 0.6) is 5.75 Å². The van der Waals surface area contributed by atoms with Crippen LogP contribution in [0.2, 0.25) is 0 Å². The number of ether oxygens (including phenoxy) is 1. The lowest BCUT2D eigenvalue weighted by Crippen LogP contribution is -2.03. The van der Waals surface area contributed by atoms with Crippen molar-refractivity contribution < 1.29 is 14.6 Å². The van der Waals surface area contributed by atoms with E-state index in [-0.39, 0.29) is 5.56 Å². The SMILES string of the molecule is COc1ccccc1-n1nc(C)c2c(C(=O)O)cc(C)nc21. The Labute approximate surface area is 127 Å². The second-order valence-corrected chi connectivity index (χ2v) is 4.98. The molecule has 22 heavy (non-hydrogen) atoms. The molecule has 0 radical (unpaired) electrons. The zero-order valence-corrected chi connectivity index (χ0v) is 12.5. The first-order valence-electron chi connectivity index (χ1n) is 6.76. The maximum Gasteiger partial charge on any atom is 0.336 e. The van der Waals surface area contributed by atoms with Crippen LogP contribution in [0.1, 0.15) is 21.7 Å². The first-order valence-corrected chi connectivity index (χ1v) is 6.76. The molecular formula is C16H15N3O3. The molecule has 0 saturated heterocycles. The summed E-state index contributed by atoms with van der Waals surface area (Å²) in [5, 5.41) is 14.4. The summed E-state index contributed by atoms with van der Waals surface area (Å²) in [7, 11) is 1.58. The van der Waals surface area contributed by atoms with Gasteiger partial charge in [-0.05, 0) is 32.0 Å². The molecule has 2 heterocycles. The van der Waals surface area contributed by atoms with Gasteiger partial charge in [-0.2, -0.15) is 5.10 Å². The number of hydrogen-bond donors (Lipinski definition) is 1. The standard InChI is InChI=1S/C16H15N3O3/c1-9-8-11(16(20)21)14-10(2)18-19(15(14)17-9)12-6-4-5-7-13(12)22-3/h4-8H,1-3H3,(H,20,21). The molecule has 0 unspecified atom stereocenters. The van der Waals surface area contributed by atoms with Gasteiger partial charge in [-0.1, -0.05) is 12.1 Å². The van der Waals surface area contributed by atoms with Gasteiger partial charge >= 0.3 is 5.97 Å². The Balaban J connectivity index is 2.40. The molecule has 3 rings (SSSR count). The van der Waals surface area contributed by atoms with Gasteiger partial charge in [0, 0.05) is 5.69 Å². The van der Waals surface area contributed by atoms with Crippen LogP contribution in [0.4, 0.5) is 0 Å². The molecule has 0 spiro atoms. The van der Waals surface area contributed by atoms with E-state index < -0.39 is 5.97 Å². The van der Waals surface area contributed by atoms with E-state index in [2.05, 4.69) is 10.1 Å². The minimum atomic E-state index is -0.988. The minimum absolute atomic E-state index is 0.209. The van der Waals surface area contributed by atoms with Crippen LogP contribution in [0.3, 0.4) is 0 Å². The number of rotatable bonds is 3. The quantitative estimate of drug-likeness (QED) is 0.804. The number of hydrogen-bond acceptors (Lipinski definition) is 4. The second-order valence-electron chi connectivity index (χ2n) is 4.98. The van der Waals surface area contributed by atoms with Crippen molar-refractivity contribution >= 4 is 17.0 Å². The summed E-state index contributed by atoms with van der Waals surface area (Å²) in [6, 6.07) is 8.98. The highest BCUT2D eigenvalue weighted by Crippen LogP contribution is 2.28. The molecule has 0 fully saturated rings. The molecule has 1 aromatic carbocycles. The van der Waals surface area contributed by atoms with Gasteiger partial charge in [0.05, 0.1) is 23.8 Å². The number of benzene rings is 1. The Bertz CT molecular complexity index is 884. The Morgan fingerprint density at radius 1 is 1.27 bits per heavy atom. The van der Waals surface area contributed by atoms with E-state index in [9.17, 15) is 9.90 Å². The predicted molar refractivity (Wildman–Crippen MR) is 81.9 cm³/mol. The van der Waals surface area contributed by atoms with Crippen molar-refractivity contribution in [2.24, 2.45) is 0 Å².